The zero-order valence-electron chi connectivity index (χ0n) is 15.1. The third kappa shape index (κ3) is 2.98. The lowest BCUT2D eigenvalue weighted by Gasteiger charge is -2.22. The molecule has 1 aliphatic carbocycles. The average Bonchev–Trinajstić information content (AvgIpc) is 2.66. The summed E-state index contributed by atoms with van der Waals surface area (Å²) in [7, 11) is -4.55. The van der Waals surface area contributed by atoms with Gasteiger partial charge < -0.3 is 10.4 Å². The van der Waals surface area contributed by atoms with E-state index in [0.717, 1.165) is 0 Å². The molecule has 8 heteroatoms. The number of anilines is 2. The van der Waals surface area contributed by atoms with Crippen molar-refractivity contribution in [3.05, 3.63) is 82.4 Å². The smallest absolute Gasteiger partial charge is 0.296 e. The summed E-state index contributed by atoms with van der Waals surface area (Å²) in [6.07, 6.45) is 0. The molecule has 0 heterocycles. The highest BCUT2D eigenvalue weighted by Gasteiger charge is 2.34. The van der Waals surface area contributed by atoms with Crippen molar-refractivity contribution < 1.29 is 27.7 Å². The minimum atomic E-state index is -4.55. The second-order valence-electron chi connectivity index (χ2n) is 6.64. The number of hydrogen-bond acceptors (Lipinski definition) is 6. The summed E-state index contributed by atoms with van der Waals surface area (Å²) >= 11 is 0. The molecular weight excluding hydrogens is 394 g/mol. The fraction of sp³-hybridized carbons (Fsp3) is 0.0476. The maximum absolute atomic E-state index is 13.1. The zero-order chi connectivity index (χ0) is 20.9. The molecule has 4 rings (SSSR count). The Morgan fingerprint density at radius 1 is 0.793 bits per heavy atom. The summed E-state index contributed by atoms with van der Waals surface area (Å²) in [5.41, 5.74) is 0.652. The molecule has 0 bridgehead atoms. The van der Waals surface area contributed by atoms with Crippen molar-refractivity contribution in [3.63, 3.8) is 0 Å². The molecule has 7 nitrogen and oxygen atoms in total. The van der Waals surface area contributed by atoms with Gasteiger partial charge in [-0.1, -0.05) is 36.4 Å². The van der Waals surface area contributed by atoms with Gasteiger partial charge in [0.25, 0.3) is 10.1 Å². The maximum Gasteiger partial charge on any atom is 0.296 e. The standard InChI is InChI=1S/C21H15NO6S/c1-11-5-4-8-15(21(11)29(26,27)28)22-14-9-10-16(23)18-17(14)19(24)12-6-2-3-7-13(12)20(18)25/h2-10,22-23H,1H3,(H,26,27,28). The number of rotatable bonds is 3. The van der Waals surface area contributed by atoms with Crippen LogP contribution in [0.2, 0.25) is 0 Å². The van der Waals surface area contributed by atoms with Crippen molar-refractivity contribution in [3.8, 4) is 5.75 Å². The fourth-order valence-corrected chi connectivity index (χ4v) is 4.42. The van der Waals surface area contributed by atoms with Gasteiger partial charge in [-0.05, 0) is 30.7 Å². The lowest BCUT2D eigenvalue weighted by atomic mass is 9.82. The minimum absolute atomic E-state index is 0.0412. The molecule has 1 aliphatic rings. The van der Waals surface area contributed by atoms with Crippen LogP contribution < -0.4 is 5.32 Å². The van der Waals surface area contributed by atoms with Crippen molar-refractivity contribution >= 4 is 33.1 Å². The predicted octanol–water partition coefficient (Wildman–Crippen LogP) is 3.47. The van der Waals surface area contributed by atoms with Crippen molar-refractivity contribution in [1.82, 2.24) is 0 Å². The summed E-state index contributed by atoms with van der Waals surface area (Å²) in [4.78, 5) is 25.6. The molecule has 0 aromatic heterocycles. The number of benzene rings is 3. The van der Waals surface area contributed by atoms with Gasteiger partial charge in [0.05, 0.1) is 22.5 Å². The first-order valence-electron chi connectivity index (χ1n) is 8.58. The van der Waals surface area contributed by atoms with E-state index in [2.05, 4.69) is 5.32 Å². The second kappa shape index (κ2) is 6.54. The lowest BCUT2D eigenvalue weighted by molar-refractivity contribution is 0.0977. The quantitative estimate of drug-likeness (QED) is 0.350. The SMILES string of the molecule is Cc1cccc(Nc2ccc(O)c3c2C(=O)c2ccccc2C3=O)c1S(=O)(=O)O. The normalized spacial score (nSPS) is 13.0. The molecule has 3 aromatic rings. The topological polar surface area (TPSA) is 121 Å². The van der Waals surface area contributed by atoms with Crippen LogP contribution in [0.25, 0.3) is 0 Å². The molecule has 0 aliphatic heterocycles. The van der Waals surface area contributed by atoms with Crippen molar-refractivity contribution in [1.29, 1.82) is 0 Å². The van der Waals surface area contributed by atoms with Crippen molar-refractivity contribution in [2.75, 3.05) is 5.32 Å². The number of hydrogen-bond donors (Lipinski definition) is 3. The van der Waals surface area contributed by atoms with Gasteiger partial charge in [-0.15, -0.1) is 0 Å². The molecule has 0 saturated heterocycles. The van der Waals surface area contributed by atoms with Gasteiger partial charge in [-0.25, -0.2) is 0 Å². The molecule has 0 saturated carbocycles. The molecular formula is C21H15NO6S. The number of carbonyl (C=O) groups excluding carboxylic acids is 2. The Bertz CT molecular complexity index is 1310. The van der Waals surface area contributed by atoms with Crippen molar-refractivity contribution in [2.24, 2.45) is 0 Å². The highest BCUT2D eigenvalue weighted by Crippen LogP contribution is 2.39. The van der Waals surface area contributed by atoms with Gasteiger partial charge in [0.2, 0.25) is 0 Å². The van der Waals surface area contributed by atoms with E-state index in [-0.39, 0.29) is 44.3 Å². The number of carbonyl (C=O) groups is 2. The number of phenolic OH excluding ortho intramolecular Hbond substituents is 1. The van der Waals surface area contributed by atoms with Crippen LogP contribution in [-0.2, 0) is 10.1 Å². The first-order chi connectivity index (χ1) is 13.7. The van der Waals surface area contributed by atoms with Gasteiger partial charge in [-0.3, -0.25) is 14.1 Å². The molecule has 0 atom stereocenters. The molecule has 3 N–H and O–H groups in total. The van der Waals surface area contributed by atoms with Gasteiger partial charge in [0.1, 0.15) is 10.6 Å². The van der Waals surface area contributed by atoms with E-state index in [9.17, 15) is 27.7 Å². The Morgan fingerprint density at radius 3 is 2.03 bits per heavy atom. The molecule has 0 unspecified atom stereocenters. The van der Waals surface area contributed by atoms with E-state index in [1.807, 2.05) is 0 Å². The maximum atomic E-state index is 13.1. The van der Waals surface area contributed by atoms with Crippen LogP contribution in [0.15, 0.2) is 59.5 Å². The third-order valence-electron chi connectivity index (χ3n) is 4.79. The zero-order valence-corrected chi connectivity index (χ0v) is 15.9. The second-order valence-corrected chi connectivity index (χ2v) is 8.00. The Morgan fingerprint density at radius 2 is 1.41 bits per heavy atom. The molecule has 29 heavy (non-hydrogen) atoms. The molecule has 146 valence electrons. The van der Waals surface area contributed by atoms with Crippen LogP contribution in [0.3, 0.4) is 0 Å². The minimum Gasteiger partial charge on any atom is -0.507 e. The van der Waals surface area contributed by atoms with Crippen LogP contribution in [0.5, 0.6) is 5.75 Å². The highest BCUT2D eigenvalue weighted by atomic mass is 32.2. The fourth-order valence-electron chi connectivity index (χ4n) is 3.55. The van der Waals surface area contributed by atoms with Gasteiger partial charge in [-0.2, -0.15) is 8.42 Å². The Balaban J connectivity index is 1.93. The number of fused-ring (bicyclic) bond motifs is 2. The van der Waals surface area contributed by atoms with Crippen LogP contribution in [0.1, 0.15) is 37.4 Å². The van der Waals surface area contributed by atoms with E-state index in [1.165, 1.54) is 43.3 Å². The Hall–Kier alpha value is -3.49. The number of ketones is 2. The Labute approximate surface area is 166 Å². The Kier molecular flexibility index (Phi) is 4.25. The van der Waals surface area contributed by atoms with Gasteiger partial charge in [0, 0.05) is 11.1 Å². The monoisotopic (exact) mass is 409 g/mol. The molecule has 0 fully saturated rings. The molecule has 0 amide bonds. The number of aryl methyl sites for hydroxylation is 1. The van der Waals surface area contributed by atoms with E-state index in [1.54, 1.807) is 18.2 Å². The predicted molar refractivity (Wildman–Crippen MR) is 106 cm³/mol. The summed E-state index contributed by atoms with van der Waals surface area (Å²) in [5.74, 6) is -1.33. The summed E-state index contributed by atoms with van der Waals surface area (Å²) in [6.45, 7) is 1.52. The highest BCUT2D eigenvalue weighted by molar-refractivity contribution is 7.86. The largest absolute Gasteiger partial charge is 0.507 e. The lowest BCUT2D eigenvalue weighted by Crippen LogP contribution is -2.22. The first kappa shape index (κ1) is 18.9. The molecule has 0 radical (unpaired) electrons. The van der Waals surface area contributed by atoms with Gasteiger partial charge >= 0.3 is 0 Å². The van der Waals surface area contributed by atoms with Crippen molar-refractivity contribution in [2.45, 2.75) is 11.8 Å². The summed E-state index contributed by atoms with van der Waals surface area (Å²) in [5, 5.41) is 13.1. The van der Waals surface area contributed by atoms with E-state index >= 15 is 0 Å². The number of phenols is 1. The van der Waals surface area contributed by atoms with Crippen LogP contribution in [-0.4, -0.2) is 29.6 Å². The summed E-state index contributed by atoms with van der Waals surface area (Å²) < 4.78 is 33.3. The van der Waals surface area contributed by atoms with Crippen LogP contribution >= 0.6 is 0 Å². The van der Waals surface area contributed by atoms with E-state index in [4.69, 9.17) is 0 Å². The van der Waals surface area contributed by atoms with Crippen LogP contribution in [0, 0.1) is 6.92 Å². The third-order valence-corrected chi connectivity index (χ3v) is 5.85. The molecule has 0 spiro atoms. The van der Waals surface area contributed by atoms with E-state index in [0.29, 0.717) is 5.56 Å². The average molecular weight is 409 g/mol. The first-order valence-corrected chi connectivity index (χ1v) is 10.0. The van der Waals surface area contributed by atoms with E-state index < -0.39 is 21.7 Å². The van der Waals surface area contributed by atoms with Gasteiger partial charge in [0.15, 0.2) is 11.6 Å². The number of nitrogens with one attached hydrogen (secondary N) is 1. The summed E-state index contributed by atoms with van der Waals surface area (Å²) in [6, 6.07) is 13.4. The van der Waals surface area contributed by atoms with Crippen LogP contribution in [0.4, 0.5) is 11.4 Å². The molecule has 3 aromatic carbocycles. The number of aromatic hydroxyl groups is 1.